The molecular formula is C5H5ClN2O. The van der Waals surface area contributed by atoms with Crippen LogP contribution in [0.3, 0.4) is 0 Å². The molecule has 0 amide bonds. The number of hydrogen-bond donors (Lipinski definition) is 1. The average Bonchev–Trinajstić information content (AvgIpc) is 1.89. The van der Waals surface area contributed by atoms with E-state index < -0.39 is 0 Å². The van der Waals surface area contributed by atoms with Gasteiger partial charge in [0.2, 0.25) is 0 Å². The van der Waals surface area contributed by atoms with Crippen molar-refractivity contribution in [3.63, 3.8) is 0 Å². The van der Waals surface area contributed by atoms with Crippen LogP contribution in [0.5, 0.6) is 0 Å². The van der Waals surface area contributed by atoms with Crippen LogP contribution < -0.4 is 0 Å². The third-order valence-corrected chi connectivity index (χ3v) is 1.21. The van der Waals surface area contributed by atoms with E-state index in [1.807, 2.05) is 0 Å². The summed E-state index contributed by atoms with van der Waals surface area (Å²) < 4.78 is 0. The van der Waals surface area contributed by atoms with Gasteiger partial charge in [0.05, 0.1) is 17.3 Å². The van der Waals surface area contributed by atoms with Crippen LogP contribution in [-0.4, -0.2) is 15.1 Å². The fourth-order valence-corrected chi connectivity index (χ4v) is 0.619. The molecule has 9 heavy (non-hydrogen) atoms. The van der Waals surface area contributed by atoms with Crippen molar-refractivity contribution in [2.75, 3.05) is 0 Å². The maximum Gasteiger partial charge on any atom is 0.115 e. The van der Waals surface area contributed by atoms with Crippen molar-refractivity contribution in [1.29, 1.82) is 0 Å². The van der Waals surface area contributed by atoms with E-state index in [-0.39, 0.29) is 6.61 Å². The van der Waals surface area contributed by atoms with Crippen molar-refractivity contribution in [2.24, 2.45) is 0 Å². The standard InChI is InChI=1S/C5H5ClN2O/c6-4-1-7-3-8-5(4)2-9/h1,3,9H,2H2. The highest BCUT2D eigenvalue weighted by Crippen LogP contribution is 2.08. The van der Waals surface area contributed by atoms with Crippen LogP contribution in [0.15, 0.2) is 12.5 Å². The van der Waals surface area contributed by atoms with Gasteiger partial charge in [0.1, 0.15) is 6.33 Å². The molecular weight excluding hydrogens is 140 g/mol. The molecule has 0 fully saturated rings. The van der Waals surface area contributed by atoms with Crippen molar-refractivity contribution in [1.82, 2.24) is 9.97 Å². The fraction of sp³-hybridized carbons (Fsp3) is 0.200. The Morgan fingerprint density at radius 1 is 1.67 bits per heavy atom. The summed E-state index contributed by atoms with van der Waals surface area (Å²) in [6.45, 7) is -0.138. The summed E-state index contributed by atoms with van der Waals surface area (Å²) in [5.74, 6) is 0. The number of rotatable bonds is 1. The third-order valence-electron chi connectivity index (χ3n) is 0.894. The Hall–Kier alpha value is -0.670. The van der Waals surface area contributed by atoms with Crippen molar-refractivity contribution >= 4 is 11.6 Å². The Labute approximate surface area is 57.3 Å². The highest BCUT2D eigenvalue weighted by atomic mass is 35.5. The maximum absolute atomic E-state index is 8.54. The van der Waals surface area contributed by atoms with E-state index in [1.165, 1.54) is 12.5 Å². The molecule has 48 valence electrons. The number of aromatic nitrogens is 2. The topological polar surface area (TPSA) is 46.0 Å². The lowest BCUT2D eigenvalue weighted by molar-refractivity contribution is 0.276. The van der Waals surface area contributed by atoms with Crippen LogP contribution in [0, 0.1) is 0 Å². The minimum Gasteiger partial charge on any atom is -0.390 e. The quantitative estimate of drug-likeness (QED) is 0.629. The molecule has 0 radical (unpaired) electrons. The number of aliphatic hydroxyl groups is 1. The van der Waals surface area contributed by atoms with Crippen LogP contribution >= 0.6 is 11.6 Å². The normalized spacial score (nSPS) is 9.56. The highest BCUT2D eigenvalue weighted by molar-refractivity contribution is 6.31. The van der Waals surface area contributed by atoms with E-state index in [0.29, 0.717) is 10.7 Å². The van der Waals surface area contributed by atoms with Gasteiger partial charge in [-0.1, -0.05) is 11.6 Å². The Morgan fingerprint density at radius 3 is 2.89 bits per heavy atom. The molecule has 0 atom stereocenters. The maximum atomic E-state index is 8.54. The second-order valence-corrected chi connectivity index (χ2v) is 1.88. The number of aliphatic hydroxyl groups excluding tert-OH is 1. The van der Waals surface area contributed by atoms with Crippen molar-refractivity contribution in [2.45, 2.75) is 6.61 Å². The molecule has 1 heterocycles. The second kappa shape index (κ2) is 2.75. The molecule has 0 saturated carbocycles. The van der Waals surface area contributed by atoms with E-state index in [4.69, 9.17) is 16.7 Å². The SMILES string of the molecule is OCc1ncncc1Cl. The zero-order chi connectivity index (χ0) is 6.69. The molecule has 0 saturated heterocycles. The van der Waals surface area contributed by atoms with Gasteiger partial charge in [0.15, 0.2) is 0 Å². The first kappa shape index (κ1) is 6.45. The van der Waals surface area contributed by atoms with E-state index in [1.54, 1.807) is 0 Å². The smallest absolute Gasteiger partial charge is 0.115 e. The van der Waals surface area contributed by atoms with Gasteiger partial charge < -0.3 is 5.11 Å². The van der Waals surface area contributed by atoms with E-state index >= 15 is 0 Å². The number of hydrogen-bond acceptors (Lipinski definition) is 3. The summed E-state index contributed by atoms with van der Waals surface area (Å²) in [4.78, 5) is 7.34. The molecule has 4 heteroatoms. The third kappa shape index (κ3) is 1.37. The summed E-state index contributed by atoms with van der Waals surface area (Å²) in [5.41, 5.74) is 0.465. The number of halogens is 1. The largest absolute Gasteiger partial charge is 0.390 e. The van der Waals surface area contributed by atoms with Crippen LogP contribution in [0.1, 0.15) is 5.69 Å². The molecule has 3 nitrogen and oxygen atoms in total. The van der Waals surface area contributed by atoms with Crippen LogP contribution in [0.25, 0.3) is 0 Å². The molecule has 1 rings (SSSR count). The first-order valence-corrected chi connectivity index (χ1v) is 2.77. The number of nitrogens with zero attached hydrogens (tertiary/aromatic N) is 2. The lowest BCUT2D eigenvalue weighted by Gasteiger charge is -1.93. The molecule has 0 aromatic carbocycles. The van der Waals surface area contributed by atoms with Gasteiger partial charge >= 0.3 is 0 Å². The van der Waals surface area contributed by atoms with Gasteiger partial charge in [-0.15, -0.1) is 0 Å². The zero-order valence-electron chi connectivity index (χ0n) is 4.58. The summed E-state index contributed by atoms with van der Waals surface area (Å²) in [6.07, 6.45) is 2.79. The molecule has 0 spiro atoms. The molecule has 1 aromatic rings. The summed E-state index contributed by atoms with van der Waals surface area (Å²) in [7, 11) is 0. The van der Waals surface area contributed by atoms with Gasteiger partial charge in [0.25, 0.3) is 0 Å². The predicted molar refractivity (Wildman–Crippen MR) is 33.0 cm³/mol. The fourth-order valence-electron chi connectivity index (χ4n) is 0.454. The van der Waals surface area contributed by atoms with Gasteiger partial charge in [0, 0.05) is 6.20 Å². The molecule has 0 aliphatic rings. The molecule has 0 unspecified atom stereocenters. The van der Waals surface area contributed by atoms with Gasteiger partial charge in [-0.05, 0) is 0 Å². The first-order valence-electron chi connectivity index (χ1n) is 2.40. The van der Waals surface area contributed by atoms with Crippen LogP contribution in [-0.2, 0) is 6.61 Å². The lowest BCUT2D eigenvalue weighted by atomic mass is 10.4. The van der Waals surface area contributed by atoms with E-state index in [2.05, 4.69) is 9.97 Å². The van der Waals surface area contributed by atoms with Gasteiger partial charge in [-0.3, -0.25) is 0 Å². The Kier molecular flexibility index (Phi) is 1.97. The molecule has 0 aliphatic carbocycles. The Balaban J connectivity index is 3.01. The monoisotopic (exact) mass is 144 g/mol. The molecule has 1 N–H and O–H groups in total. The first-order chi connectivity index (χ1) is 4.34. The summed E-state index contributed by atoms with van der Waals surface area (Å²) in [6, 6.07) is 0. The van der Waals surface area contributed by atoms with Crippen LogP contribution in [0.2, 0.25) is 5.02 Å². The van der Waals surface area contributed by atoms with Crippen molar-refractivity contribution in [3.05, 3.63) is 23.2 Å². The highest BCUT2D eigenvalue weighted by Gasteiger charge is 1.96. The van der Waals surface area contributed by atoms with Crippen molar-refractivity contribution < 1.29 is 5.11 Å². The Bertz CT molecular complexity index is 204. The predicted octanol–water partition coefficient (Wildman–Crippen LogP) is 0.622. The van der Waals surface area contributed by atoms with Crippen LogP contribution in [0.4, 0.5) is 0 Å². The summed E-state index contributed by atoms with van der Waals surface area (Å²) in [5, 5.41) is 8.95. The zero-order valence-corrected chi connectivity index (χ0v) is 5.34. The molecule has 0 aliphatic heterocycles. The minimum absolute atomic E-state index is 0.138. The van der Waals surface area contributed by atoms with E-state index in [0.717, 1.165) is 0 Å². The Morgan fingerprint density at radius 2 is 2.44 bits per heavy atom. The van der Waals surface area contributed by atoms with Crippen molar-refractivity contribution in [3.8, 4) is 0 Å². The molecule has 1 aromatic heterocycles. The average molecular weight is 145 g/mol. The lowest BCUT2D eigenvalue weighted by Crippen LogP contribution is -1.89. The summed E-state index contributed by atoms with van der Waals surface area (Å²) >= 11 is 5.54. The van der Waals surface area contributed by atoms with E-state index in [9.17, 15) is 0 Å². The second-order valence-electron chi connectivity index (χ2n) is 1.48. The molecule has 0 bridgehead atoms. The van der Waals surface area contributed by atoms with Gasteiger partial charge in [-0.25, -0.2) is 9.97 Å². The van der Waals surface area contributed by atoms with Gasteiger partial charge in [-0.2, -0.15) is 0 Å². The minimum atomic E-state index is -0.138.